The van der Waals surface area contributed by atoms with Crippen molar-refractivity contribution in [1.29, 1.82) is 0 Å². The molecule has 1 aliphatic carbocycles. The van der Waals surface area contributed by atoms with Gasteiger partial charge < -0.3 is 14.2 Å². The lowest BCUT2D eigenvalue weighted by Crippen LogP contribution is -2.41. The average Bonchev–Trinajstić information content (AvgIpc) is 3.72. The van der Waals surface area contributed by atoms with Crippen molar-refractivity contribution < 1.29 is 9.26 Å². The number of hydrogen-bond acceptors (Lipinski definition) is 10. The monoisotopic (exact) mass is 606 g/mol. The Bertz CT molecular complexity index is 1790. The molecule has 0 unspecified atom stereocenters. The van der Waals surface area contributed by atoms with Crippen LogP contribution in [0.5, 0.6) is 0 Å². The number of halogens is 1. The molecule has 1 N–H and O–H groups in total. The normalized spacial score (nSPS) is 21.3. The zero-order chi connectivity index (χ0) is 28.8. The maximum atomic E-state index is 11.8. The molecule has 1 aromatic carbocycles. The van der Waals surface area contributed by atoms with Gasteiger partial charge in [-0.1, -0.05) is 48.7 Å². The van der Waals surface area contributed by atoms with Gasteiger partial charge in [0.05, 0.1) is 13.2 Å². The summed E-state index contributed by atoms with van der Waals surface area (Å²) in [5, 5.41) is 7.52. The summed E-state index contributed by atoms with van der Waals surface area (Å²) in [5.74, 6) is 1.75. The van der Waals surface area contributed by atoms with Gasteiger partial charge in [-0.2, -0.15) is 4.98 Å². The Morgan fingerprint density at radius 2 is 2.00 bits per heavy atom. The molecule has 1 saturated heterocycles. The van der Waals surface area contributed by atoms with Crippen molar-refractivity contribution in [2.24, 2.45) is 11.8 Å². The molecule has 11 nitrogen and oxygen atoms in total. The standard InChI is InChI=1S/C29H31ClN8O3S/c1-16-6-8-18(9-7-16)13-38-23-22(19-4-3-5-20(30)12-19)32-25(26-35-29(39)41-36-26)33-24(23)34-28(38)37-10-11-40-14-21(37)27-31-17(2)15-42-27/h3-5,12,15-16,18,21H,6-11,13-14H2,1-2H3,(H,35,36,39)/t16?,18?,21-/m0/s1. The van der Waals surface area contributed by atoms with Gasteiger partial charge in [0.15, 0.2) is 5.65 Å². The maximum Gasteiger partial charge on any atom is 0.439 e. The van der Waals surface area contributed by atoms with Crippen LogP contribution < -0.4 is 10.7 Å². The van der Waals surface area contributed by atoms with Crippen LogP contribution in [0.1, 0.15) is 49.4 Å². The smallest absolute Gasteiger partial charge is 0.377 e. The molecule has 5 aromatic rings. The van der Waals surface area contributed by atoms with Crippen molar-refractivity contribution in [3.63, 3.8) is 0 Å². The number of benzene rings is 1. The van der Waals surface area contributed by atoms with E-state index < -0.39 is 5.76 Å². The first-order valence-corrected chi connectivity index (χ1v) is 15.6. The van der Waals surface area contributed by atoms with Gasteiger partial charge in [-0.25, -0.2) is 19.7 Å². The Morgan fingerprint density at radius 3 is 2.74 bits per heavy atom. The van der Waals surface area contributed by atoms with Crippen LogP contribution in [-0.4, -0.2) is 54.4 Å². The predicted molar refractivity (Wildman–Crippen MR) is 161 cm³/mol. The molecule has 1 aliphatic heterocycles. The van der Waals surface area contributed by atoms with E-state index in [1.807, 2.05) is 31.2 Å². The lowest BCUT2D eigenvalue weighted by molar-refractivity contribution is 0.0926. The van der Waals surface area contributed by atoms with Gasteiger partial charge in [-0.3, -0.25) is 9.51 Å². The summed E-state index contributed by atoms with van der Waals surface area (Å²) in [6.45, 7) is 6.91. The number of anilines is 1. The molecular weight excluding hydrogens is 576 g/mol. The number of nitrogens with zero attached hydrogens (tertiary/aromatic N) is 7. The Labute approximate surface area is 250 Å². The second-order valence-corrected chi connectivity index (χ2v) is 12.6. The molecule has 4 aromatic heterocycles. The van der Waals surface area contributed by atoms with Crippen molar-refractivity contribution >= 4 is 40.0 Å². The molecular formula is C29H31ClN8O3S. The van der Waals surface area contributed by atoms with E-state index in [0.717, 1.165) is 53.0 Å². The molecule has 2 fully saturated rings. The van der Waals surface area contributed by atoms with Crippen LogP contribution in [0, 0.1) is 18.8 Å². The fourth-order valence-electron chi connectivity index (χ4n) is 6.03. The number of aromatic amines is 1. The van der Waals surface area contributed by atoms with Crippen LogP contribution in [-0.2, 0) is 11.3 Å². The van der Waals surface area contributed by atoms with Crippen LogP contribution in [0.15, 0.2) is 39.0 Å². The van der Waals surface area contributed by atoms with E-state index in [1.165, 1.54) is 12.8 Å². The number of thiazole rings is 1. The van der Waals surface area contributed by atoms with E-state index in [0.29, 0.717) is 42.0 Å². The van der Waals surface area contributed by atoms with Gasteiger partial charge >= 0.3 is 5.76 Å². The fraction of sp³-hybridized carbons (Fsp3) is 0.448. The highest BCUT2D eigenvalue weighted by molar-refractivity contribution is 7.09. The summed E-state index contributed by atoms with van der Waals surface area (Å²) < 4.78 is 13.0. The van der Waals surface area contributed by atoms with Gasteiger partial charge in [0, 0.05) is 34.7 Å². The number of imidazole rings is 1. The van der Waals surface area contributed by atoms with E-state index in [2.05, 4.69) is 31.9 Å². The first kappa shape index (κ1) is 27.2. The van der Waals surface area contributed by atoms with Crippen LogP contribution in [0.2, 0.25) is 5.02 Å². The fourth-order valence-corrected chi connectivity index (χ4v) is 7.11. The topological polar surface area (TPSA) is 128 Å². The minimum Gasteiger partial charge on any atom is -0.377 e. The number of aryl methyl sites for hydroxylation is 1. The largest absolute Gasteiger partial charge is 0.439 e. The molecule has 1 atom stereocenters. The summed E-state index contributed by atoms with van der Waals surface area (Å²) in [6, 6.07) is 7.51. The van der Waals surface area contributed by atoms with Crippen LogP contribution >= 0.6 is 22.9 Å². The summed E-state index contributed by atoms with van der Waals surface area (Å²) >= 11 is 8.10. The Hall–Kier alpha value is -3.61. The summed E-state index contributed by atoms with van der Waals surface area (Å²) in [7, 11) is 0. The predicted octanol–water partition coefficient (Wildman–Crippen LogP) is 5.66. The SMILES string of the molecule is Cc1csc([C@@H]2COCCN2c2nc3nc(-c4noc(=O)[nH]4)nc(-c4cccc(Cl)c4)c3n2CC2CCC(C)CC2)n1. The third-order valence-corrected chi connectivity index (χ3v) is 9.52. The zero-order valence-corrected chi connectivity index (χ0v) is 25.0. The first-order chi connectivity index (χ1) is 20.4. The molecule has 7 rings (SSSR count). The third-order valence-electron chi connectivity index (χ3n) is 8.22. The Balaban J connectivity index is 1.45. The van der Waals surface area contributed by atoms with E-state index in [9.17, 15) is 4.79 Å². The highest BCUT2D eigenvalue weighted by atomic mass is 35.5. The molecule has 42 heavy (non-hydrogen) atoms. The lowest BCUT2D eigenvalue weighted by Gasteiger charge is -2.36. The summed E-state index contributed by atoms with van der Waals surface area (Å²) in [4.78, 5) is 36.4. The highest BCUT2D eigenvalue weighted by Crippen LogP contribution is 2.39. The van der Waals surface area contributed by atoms with Gasteiger partial charge in [-0.05, 0) is 43.7 Å². The molecule has 1 saturated carbocycles. The zero-order valence-electron chi connectivity index (χ0n) is 23.4. The number of fused-ring (bicyclic) bond motifs is 1. The Kier molecular flexibility index (Phi) is 7.28. The van der Waals surface area contributed by atoms with Crippen LogP contribution in [0.25, 0.3) is 34.1 Å². The summed E-state index contributed by atoms with van der Waals surface area (Å²) in [6.07, 6.45) is 4.74. The van der Waals surface area contributed by atoms with Gasteiger partial charge in [-0.15, -0.1) is 11.3 Å². The van der Waals surface area contributed by atoms with E-state index in [1.54, 1.807) is 11.3 Å². The number of aromatic nitrogens is 7. The first-order valence-electron chi connectivity index (χ1n) is 14.3. The van der Waals surface area contributed by atoms with Crippen LogP contribution in [0.3, 0.4) is 0 Å². The van der Waals surface area contributed by atoms with E-state index in [4.69, 9.17) is 40.8 Å². The molecule has 0 spiro atoms. The van der Waals surface area contributed by atoms with Crippen molar-refractivity contribution in [2.75, 3.05) is 24.7 Å². The summed E-state index contributed by atoms with van der Waals surface area (Å²) in [5.41, 5.74) is 3.81. The molecule has 5 heterocycles. The molecule has 0 amide bonds. The molecule has 13 heteroatoms. The van der Waals surface area contributed by atoms with E-state index >= 15 is 0 Å². The van der Waals surface area contributed by atoms with E-state index in [-0.39, 0.29) is 17.7 Å². The highest BCUT2D eigenvalue weighted by Gasteiger charge is 2.33. The number of H-pyrrole nitrogens is 1. The number of hydrogen-bond donors (Lipinski definition) is 1. The van der Waals surface area contributed by atoms with Crippen molar-refractivity contribution in [3.8, 4) is 22.9 Å². The second kappa shape index (κ2) is 11.2. The number of rotatable bonds is 6. The average molecular weight is 607 g/mol. The van der Waals surface area contributed by atoms with Crippen LogP contribution in [0.4, 0.5) is 5.95 Å². The van der Waals surface area contributed by atoms with Crippen molar-refractivity contribution in [2.45, 2.75) is 52.1 Å². The number of nitrogens with one attached hydrogen (secondary N) is 1. The van der Waals surface area contributed by atoms with Gasteiger partial charge in [0.25, 0.3) is 0 Å². The second-order valence-electron chi connectivity index (χ2n) is 11.3. The number of morpholine rings is 1. The van der Waals surface area contributed by atoms with Crippen molar-refractivity contribution in [3.05, 3.63) is 55.9 Å². The Morgan fingerprint density at radius 1 is 1.14 bits per heavy atom. The lowest BCUT2D eigenvalue weighted by atomic mass is 9.83. The molecule has 0 bridgehead atoms. The molecule has 218 valence electrons. The third kappa shape index (κ3) is 5.23. The molecule has 0 radical (unpaired) electrons. The number of ether oxygens (including phenoxy) is 1. The van der Waals surface area contributed by atoms with Crippen molar-refractivity contribution in [1.82, 2.24) is 34.6 Å². The van der Waals surface area contributed by atoms with Gasteiger partial charge in [0.2, 0.25) is 17.6 Å². The molecule has 2 aliphatic rings. The minimum absolute atomic E-state index is 0.0756. The van der Waals surface area contributed by atoms with Gasteiger partial charge in [0.1, 0.15) is 22.3 Å². The maximum absolute atomic E-state index is 11.8. The quantitative estimate of drug-likeness (QED) is 0.260. The minimum atomic E-state index is -0.675.